The summed E-state index contributed by atoms with van der Waals surface area (Å²) in [7, 11) is 0. The van der Waals surface area contributed by atoms with Gasteiger partial charge in [-0.05, 0) is 35.2 Å². The Bertz CT molecular complexity index is 865. The van der Waals surface area contributed by atoms with E-state index in [4.69, 9.17) is 0 Å². The molecule has 0 fully saturated rings. The molecule has 0 spiro atoms. The van der Waals surface area contributed by atoms with Gasteiger partial charge < -0.3 is 10.2 Å². The molecule has 3 aromatic carbocycles. The highest BCUT2D eigenvalue weighted by atomic mass is 16.2. The number of benzene rings is 3. The second-order valence-corrected chi connectivity index (χ2v) is 6.64. The van der Waals surface area contributed by atoms with Gasteiger partial charge in [0.1, 0.15) is 0 Å². The van der Waals surface area contributed by atoms with E-state index in [-0.39, 0.29) is 0 Å². The average molecular weight is 372 g/mol. The largest absolute Gasteiger partial charge is 0.326 e. The molecule has 0 saturated heterocycles. The number of rotatable bonds is 6. The Balaban J connectivity index is 1.75. The Kier molecular flexibility index (Phi) is 6.58. The molecule has 0 saturated carbocycles. The van der Waals surface area contributed by atoms with E-state index in [1.807, 2.05) is 84.9 Å². The van der Waals surface area contributed by atoms with Gasteiger partial charge in [-0.2, -0.15) is 0 Å². The van der Waals surface area contributed by atoms with E-state index in [0.29, 0.717) is 18.8 Å². The summed E-state index contributed by atoms with van der Waals surface area (Å²) in [4.78, 5) is 27.0. The predicted octanol–water partition coefficient (Wildman–Crippen LogP) is 4.42. The van der Waals surface area contributed by atoms with Crippen molar-refractivity contribution >= 4 is 17.5 Å². The summed E-state index contributed by atoms with van der Waals surface area (Å²) in [6.07, 6.45) is 0.926. The van der Waals surface area contributed by atoms with Crippen molar-refractivity contribution in [3.05, 3.63) is 102 Å². The molecule has 2 amide bonds. The molecule has 0 radical (unpaired) electrons. The standard InChI is InChI=1S/C24H24N2O2/c1-2-19-13-15-22(16-14-19)25-23(27)24(28)26(17-20-9-5-3-6-10-20)18-21-11-7-4-8-12-21/h3-16H,2,17-18H2,1H3,(H,25,27). The van der Waals surface area contributed by atoms with E-state index in [1.165, 1.54) is 5.56 Å². The molecule has 4 heteroatoms. The van der Waals surface area contributed by atoms with E-state index in [2.05, 4.69) is 12.2 Å². The minimum Gasteiger partial charge on any atom is -0.326 e. The lowest BCUT2D eigenvalue weighted by Crippen LogP contribution is -2.38. The van der Waals surface area contributed by atoms with Crippen molar-refractivity contribution < 1.29 is 9.59 Å². The molecule has 0 bridgehead atoms. The van der Waals surface area contributed by atoms with Crippen LogP contribution in [-0.2, 0) is 29.1 Å². The Morgan fingerprint density at radius 2 is 1.21 bits per heavy atom. The Morgan fingerprint density at radius 1 is 0.714 bits per heavy atom. The zero-order chi connectivity index (χ0) is 19.8. The van der Waals surface area contributed by atoms with Crippen LogP contribution in [0.5, 0.6) is 0 Å². The Labute approximate surface area is 165 Å². The van der Waals surface area contributed by atoms with Gasteiger partial charge in [-0.15, -0.1) is 0 Å². The molecule has 4 nitrogen and oxygen atoms in total. The van der Waals surface area contributed by atoms with Crippen molar-refractivity contribution in [2.24, 2.45) is 0 Å². The van der Waals surface area contributed by atoms with E-state index in [0.717, 1.165) is 17.5 Å². The summed E-state index contributed by atoms with van der Waals surface area (Å²) in [5.74, 6) is -1.18. The molecule has 0 aliphatic heterocycles. The summed E-state index contributed by atoms with van der Waals surface area (Å²) < 4.78 is 0. The third kappa shape index (κ3) is 5.30. The first-order chi connectivity index (χ1) is 13.7. The van der Waals surface area contributed by atoms with Crippen molar-refractivity contribution in [2.75, 3.05) is 5.32 Å². The molecular formula is C24H24N2O2. The van der Waals surface area contributed by atoms with Gasteiger partial charge in [0.05, 0.1) is 0 Å². The fourth-order valence-electron chi connectivity index (χ4n) is 2.96. The average Bonchev–Trinajstić information content (AvgIpc) is 2.75. The number of aryl methyl sites for hydroxylation is 1. The topological polar surface area (TPSA) is 49.4 Å². The van der Waals surface area contributed by atoms with Crippen molar-refractivity contribution in [3.8, 4) is 0 Å². The highest BCUT2D eigenvalue weighted by molar-refractivity contribution is 6.39. The normalized spacial score (nSPS) is 10.3. The van der Waals surface area contributed by atoms with Gasteiger partial charge in [0.2, 0.25) is 0 Å². The first kappa shape index (κ1) is 19.4. The molecule has 3 rings (SSSR count). The summed E-state index contributed by atoms with van der Waals surface area (Å²) in [5, 5.41) is 2.71. The maximum absolute atomic E-state index is 12.9. The summed E-state index contributed by atoms with van der Waals surface area (Å²) >= 11 is 0. The Morgan fingerprint density at radius 3 is 1.68 bits per heavy atom. The molecule has 0 aliphatic carbocycles. The lowest BCUT2D eigenvalue weighted by atomic mass is 10.1. The zero-order valence-electron chi connectivity index (χ0n) is 16.0. The van der Waals surface area contributed by atoms with Gasteiger partial charge in [-0.1, -0.05) is 79.7 Å². The highest BCUT2D eigenvalue weighted by Crippen LogP contribution is 2.13. The third-order valence-corrected chi connectivity index (χ3v) is 4.53. The second kappa shape index (κ2) is 9.51. The van der Waals surface area contributed by atoms with Crippen LogP contribution in [0.1, 0.15) is 23.6 Å². The number of nitrogens with one attached hydrogen (secondary N) is 1. The molecule has 0 atom stereocenters. The molecule has 0 aromatic heterocycles. The first-order valence-electron chi connectivity index (χ1n) is 9.42. The maximum Gasteiger partial charge on any atom is 0.313 e. The van der Waals surface area contributed by atoms with Gasteiger partial charge in [0.25, 0.3) is 0 Å². The maximum atomic E-state index is 12.9. The number of amides is 2. The molecule has 0 heterocycles. The van der Waals surface area contributed by atoms with E-state index in [1.54, 1.807) is 4.90 Å². The van der Waals surface area contributed by atoms with Gasteiger partial charge in [-0.25, -0.2) is 0 Å². The predicted molar refractivity (Wildman–Crippen MR) is 112 cm³/mol. The van der Waals surface area contributed by atoms with Crippen LogP contribution in [0, 0.1) is 0 Å². The number of carbonyl (C=O) groups excluding carboxylic acids is 2. The minimum atomic E-state index is -0.629. The molecule has 142 valence electrons. The van der Waals surface area contributed by atoms with Crippen molar-refractivity contribution in [2.45, 2.75) is 26.4 Å². The fourth-order valence-corrected chi connectivity index (χ4v) is 2.96. The van der Waals surface area contributed by atoms with Crippen LogP contribution < -0.4 is 5.32 Å². The monoisotopic (exact) mass is 372 g/mol. The SMILES string of the molecule is CCc1ccc(NC(=O)C(=O)N(Cc2ccccc2)Cc2ccccc2)cc1. The van der Waals surface area contributed by atoms with Crippen molar-refractivity contribution in [3.63, 3.8) is 0 Å². The fraction of sp³-hybridized carbons (Fsp3) is 0.167. The molecule has 0 unspecified atom stereocenters. The lowest BCUT2D eigenvalue weighted by molar-refractivity contribution is -0.144. The first-order valence-corrected chi connectivity index (χ1v) is 9.42. The summed E-state index contributed by atoms with van der Waals surface area (Å²) in [6.45, 7) is 2.82. The van der Waals surface area contributed by atoms with E-state index >= 15 is 0 Å². The number of anilines is 1. The summed E-state index contributed by atoms with van der Waals surface area (Å²) in [5.41, 5.74) is 3.76. The van der Waals surface area contributed by atoms with Crippen LogP contribution in [0.15, 0.2) is 84.9 Å². The Hall–Kier alpha value is -3.40. The van der Waals surface area contributed by atoms with E-state index in [9.17, 15) is 9.59 Å². The zero-order valence-corrected chi connectivity index (χ0v) is 16.0. The third-order valence-electron chi connectivity index (χ3n) is 4.53. The van der Waals surface area contributed by atoms with Crippen LogP contribution in [-0.4, -0.2) is 16.7 Å². The lowest BCUT2D eigenvalue weighted by Gasteiger charge is -2.22. The quantitative estimate of drug-likeness (QED) is 0.651. The van der Waals surface area contributed by atoms with Crippen LogP contribution in [0.25, 0.3) is 0 Å². The van der Waals surface area contributed by atoms with Crippen LogP contribution in [0.2, 0.25) is 0 Å². The summed E-state index contributed by atoms with van der Waals surface area (Å²) in [6, 6.07) is 26.9. The second-order valence-electron chi connectivity index (χ2n) is 6.64. The van der Waals surface area contributed by atoms with Gasteiger partial charge in [0.15, 0.2) is 0 Å². The van der Waals surface area contributed by atoms with Crippen LogP contribution in [0.4, 0.5) is 5.69 Å². The van der Waals surface area contributed by atoms with Crippen LogP contribution >= 0.6 is 0 Å². The van der Waals surface area contributed by atoms with Gasteiger partial charge in [0, 0.05) is 18.8 Å². The van der Waals surface area contributed by atoms with Gasteiger partial charge in [-0.3, -0.25) is 9.59 Å². The van der Waals surface area contributed by atoms with Crippen LogP contribution in [0.3, 0.4) is 0 Å². The smallest absolute Gasteiger partial charge is 0.313 e. The number of hydrogen-bond donors (Lipinski definition) is 1. The molecule has 3 aromatic rings. The van der Waals surface area contributed by atoms with Crippen molar-refractivity contribution in [1.29, 1.82) is 0 Å². The van der Waals surface area contributed by atoms with E-state index < -0.39 is 11.8 Å². The number of carbonyl (C=O) groups is 2. The molecule has 1 N–H and O–H groups in total. The number of hydrogen-bond acceptors (Lipinski definition) is 2. The minimum absolute atomic E-state index is 0.372. The van der Waals surface area contributed by atoms with Crippen molar-refractivity contribution in [1.82, 2.24) is 4.90 Å². The van der Waals surface area contributed by atoms with Gasteiger partial charge >= 0.3 is 11.8 Å². The molecule has 28 heavy (non-hydrogen) atoms. The molecule has 0 aliphatic rings. The molecular weight excluding hydrogens is 348 g/mol. The highest BCUT2D eigenvalue weighted by Gasteiger charge is 2.22. The number of nitrogens with zero attached hydrogens (tertiary/aromatic N) is 1.